The Kier molecular flexibility index (Phi) is 5.59. The zero-order chi connectivity index (χ0) is 15.2. The molecular weight excluding hydrogens is 282 g/mol. The molecule has 0 saturated heterocycles. The third-order valence-corrected chi connectivity index (χ3v) is 4.51. The molecular formula is C16H23N3OS. The molecule has 0 unspecified atom stereocenters. The fraction of sp³-hybridized carbons (Fsp3) is 0.438. The van der Waals surface area contributed by atoms with Crippen LogP contribution in [-0.2, 0) is 13.0 Å². The van der Waals surface area contributed by atoms with Gasteiger partial charge in [-0.2, -0.15) is 0 Å². The van der Waals surface area contributed by atoms with Gasteiger partial charge in [0.1, 0.15) is 5.75 Å². The van der Waals surface area contributed by atoms with E-state index in [0.29, 0.717) is 0 Å². The predicted molar refractivity (Wildman–Crippen MR) is 89.9 cm³/mol. The van der Waals surface area contributed by atoms with Crippen LogP contribution in [0, 0.1) is 0 Å². The van der Waals surface area contributed by atoms with Gasteiger partial charge in [-0.15, -0.1) is 0 Å². The number of rotatable bonds is 7. The van der Waals surface area contributed by atoms with E-state index in [0.717, 1.165) is 36.0 Å². The Hall–Kier alpha value is -1.59. The number of nitrogens with one attached hydrogen (secondary N) is 1. The van der Waals surface area contributed by atoms with E-state index in [1.807, 2.05) is 19.2 Å². The van der Waals surface area contributed by atoms with E-state index >= 15 is 0 Å². The standard InChI is InChI=1S/C16H23N3OS/c1-5-6-14-15(11-17-2)21-16(18-14)19(3)12-7-9-13(20-4)10-8-12/h7-10,17H,5-6,11H2,1-4H3. The van der Waals surface area contributed by atoms with E-state index in [1.54, 1.807) is 18.4 Å². The van der Waals surface area contributed by atoms with Crippen LogP contribution in [0.25, 0.3) is 0 Å². The first kappa shape index (κ1) is 15.8. The molecule has 0 fully saturated rings. The molecule has 1 aromatic heterocycles. The van der Waals surface area contributed by atoms with Crippen molar-refractivity contribution in [3.05, 3.63) is 34.8 Å². The van der Waals surface area contributed by atoms with E-state index in [2.05, 4.69) is 36.3 Å². The predicted octanol–water partition coefficient (Wildman–Crippen LogP) is 3.59. The van der Waals surface area contributed by atoms with Crippen LogP contribution in [0.5, 0.6) is 5.75 Å². The maximum Gasteiger partial charge on any atom is 0.190 e. The molecule has 1 N–H and O–H groups in total. The van der Waals surface area contributed by atoms with E-state index in [4.69, 9.17) is 9.72 Å². The molecule has 0 amide bonds. The molecule has 0 spiro atoms. The molecule has 2 rings (SSSR count). The van der Waals surface area contributed by atoms with Gasteiger partial charge in [0.05, 0.1) is 12.8 Å². The Morgan fingerprint density at radius 1 is 1.29 bits per heavy atom. The van der Waals surface area contributed by atoms with Gasteiger partial charge in [0.2, 0.25) is 0 Å². The highest BCUT2D eigenvalue weighted by molar-refractivity contribution is 7.15. The summed E-state index contributed by atoms with van der Waals surface area (Å²) in [5.41, 5.74) is 2.33. The van der Waals surface area contributed by atoms with Gasteiger partial charge in [0.15, 0.2) is 5.13 Å². The van der Waals surface area contributed by atoms with Crippen LogP contribution in [0.2, 0.25) is 0 Å². The molecule has 4 nitrogen and oxygen atoms in total. The first-order chi connectivity index (χ1) is 10.2. The van der Waals surface area contributed by atoms with Gasteiger partial charge in [0, 0.05) is 24.2 Å². The summed E-state index contributed by atoms with van der Waals surface area (Å²) in [4.78, 5) is 8.27. The molecule has 1 aromatic carbocycles. The SMILES string of the molecule is CCCc1nc(N(C)c2ccc(OC)cc2)sc1CNC. The third-order valence-electron chi connectivity index (χ3n) is 3.34. The number of aromatic nitrogens is 1. The van der Waals surface area contributed by atoms with Crippen molar-refractivity contribution in [2.24, 2.45) is 0 Å². The normalized spacial score (nSPS) is 10.7. The van der Waals surface area contributed by atoms with Crippen molar-refractivity contribution in [3.63, 3.8) is 0 Å². The maximum atomic E-state index is 5.20. The second kappa shape index (κ2) is 7.43. The Labute approximate surface area is 130 Å². The van der Waals surface area contributed by atoms with E-state index in [-0.39, 0.29) is 0 Å². The summed E-state index contributed by atoms with van der Waals surface area (Å²) in [6, 6.07) is 8.05. The Morgan fingerprint density at radius 3 is 2.57 bits per heavy atom. The molecule has 0 atom stereocenters. The molecule has 0 aliphatic heterocycles. The number of aryl methyl sites for hydroxylation is 1. The number of hydrogen-bond donors (Lipinski definition) is 1. The van der Waals surface area contributed by atoms with E-state index in [1.165, 1.54) is 10.6 Å². The van der Waals surface area contributed by atoms with Crippen LogP contribution in [-0.4, -0.2) is 26.2 Å². The Morgan fingerprint density at radius 2 is 2.00 bits per heavy atom. The van der Waals surface area contributed by atoms with Crippen molar-refractivity contribution in [2.75, 3.05) is 26.1 Å². The number of anilines is 2. The van der Waals surface area contributed by atoms with Crippen LogP contribution in [0.1, 0.15) is 23.9 Å². The number of nitrogens with zero attached hydrogens (tertiary/aromatic N) is 2. The van der Waals surface area contributed by atoms with Crippen molar-refractivity contribution in [1.29, 1.82) is 0 Å². The highest BCUT2D eigenvalue weighted by atomic mass is 32.1. The number of benzene rings is 1. The van der Waals surface area contributed by atoms with Crippen molar-refractivity contribution < 1.29 is 4.74 Å². The average molecular weight is 305 g/mol. The molecule has 0 aliphatic carbocycles. The third kappa shape index (κ3) is 3.74. The first-order valence-electron chi connectivity index (χ1n) is 7.20. The van der Waals surface area contributed by atoms with Crippen LogP contribution < -0.4 is 15.0 Å². The molecule has 0 aliphatic rings. The van der Waals surface area contributed by atoms with Gasteiger partial charge in [0.25, 0.3) is 0 Å². The van der Waals surface area contributed by atoms with Crippen LogP contribution in [0.15, 0.2) is 24.3 Å². The number of ether oxygens (including phenoxy) is 1. The minimum Gasteiger partial charge on any atom is -0.497 e. The second-order valence-corrected chi connectivity index (χ2v) is 5.97. The van der Waals surface area contributed by atoms with Crippen LogP contribution in [0.4, 0.5) is 10.8 Å². The number of hydrogen-bond acceptors (Lipinski definition) is 5. The Bertz CT molecular complexity index is 542. The van der Waals surface area contributed by atoms with E-state index in [9.17, 15) is 0 Å². The second-order valence-electron chi connectivity index (χ2n) is 4.90. The van der Waals surface area contributed by atoms with Crippen LogP contribution >= 0.6 is 11.3 Å². The van der Waals surface area contributed by atoms with Crippen molar-refractivity contribution >= 4 is 22.2 Å². The van der Waals surface area contributed by atoms with Gasteiger partial charge in [-0.05, 0) is 37.7 Å². The zero-order valence-corrected chi connectivity index (χ0v) is 14.0. The van der Waals surface area contributed by atoms with Gasteiger partial charge < -0.3 is 15.0 Å². The topological polar surface area (TPSA) is 37.4 Å². The van der Waals surface area contributed by atoms with Crippen molar-refractivity contribution in [1.82, 2.24) is 10.3 Å². The maximum absolute atomic E-state index is 5.20. The summed E-state index contributed by atoms with van der Waals surface area (Å²) >= 11 is 1.76. The highest BCUT2D eigenvalue weighted by Gasteiger charge is 2.14. The van der Waals surface area contributed by atoms with Crippen LogP contribution in [0.3, 0.4) is 0 Å². The average Bonchev–Trinajstić information content (AvgIpc) is 2.90. The van der Waals surface area contributed by atoms with Gasteiger partial charge in [-0.1, -0.05) is 24.7 Å². The number of methoxy groups -OCH3 is 1. The summed E-state index contributed by atoms with van der Waals surface area (Å²) in [5.74, 6) is 0.869. The van der Waals surface area contributed by atoms with Gasteiger partial charge in [-0.3, -0.25) is 0 Å². The largest absolute Gasteiger partial charge is 0.497 e. The lowest BCUT2D eigenvalue weighted by Gasteiger charge is -2.16. The quantitative estimate of drug-likeness (QED) is 0.848. The molecule has 1 heterocycles. The summed E-state index contributed by atoms with van der Waals surface area (Å²) < 4.78 is 5.20. The molecule has 2 aromatic rings. The zero-order valence-electron chi connectivity index (χ0n) is 13.1. The minimum absolute atomic E-state index is 0.869. The van der Waals surface area contributed by atoms with Crippen molar-refractivity contribution in [2.45, 2.75) is 26.3 Å². The molecule has 0 radical (unpaired) electrons. The number of thiazole rings is 1. The smallest absolute Gasteiger partial charge is 0.190 e. The summed E-state index contributed by atoms with van der Waals surface area (Å²) in [6.07, 6.45) is 2.15. The fourth-order valence-corrected chi connectivity index (χ4v) is 3.26. The summed E-state index contributed by atoms with van der Waals surface area (Å²) in [7, 11) is 5.71. The first-order valence-corrected chi connectivity index (χ1v) is 8.02. The molecule has 5 heteroatoms. The lowest BCUT2D eigenvalue weighted by Crippen LogP contribution is -2.09. The lowest BCUT2D eigenvalue weighted by atomic mass is 10.2. The lowest BCUT2D eigenvalue weighted by molar-refractivity contribution is 0.415. The summed E-state index contributed by atoms with van der Waals surface area (Å²) in [6.45, 7) is 3.07. The van der Waals surface area contributed by atoms with Gasteiger partial charge >= 0.3 is 0 Å². The molecule has 114 valence electrons. The van der Waals surface area contributed by atoms with E-state index < -0.39 is 0 Å². The monoisotopic (exact) mass is 305 g/mol. The van der Waals surface area contributed by atoms with Crippen molar-refractivity contribution in [3.8, 4) is 5.75 Å². The highest BCUT2D eigenvalue weighted by Crippen LogP contribution is 2.31. The molecule has 0 bridgehead atoms. The Balaban J connectivity index is 2.24. The molecule has 21 heavy (non-hydrogen) atoms. The van der Waals surface area contributed by atoms with Gasteiger partial charge in [-0.25, -0.2) is 4.98 Å². The molecule has 0 saturated carbocycles. The minimum atomic E-state index is 0.869. The summed E-state index contributed by atoms with van der Waals surface area (Å²) in [5, 5.41) is 4.26. The fourth-order valence-electron chi connectivity index (χ4n) is 2.16.